The van der Waals surface area contributed by atoms with Crippen LogP contribution in [0.25, 0.3) is 0 Å². The third kappa shape index (κ3) is 2.77. The molecule has 2 nitrogen and oxygen atoms in total. The monoisotopic (exact) mass is 261 g/mol. The average molecular weight is 262 g/mol. The fourth-order valence-corrected chi connectivity index (χ4v) is 2.02. The molecule has 0 aliphatic rings. The molecule has 2 aromatic rings. The smallest absolute Gasteiger partial charge is 0.120 e. The van der Waals surface area contributed by atoms with E-state index in [0.29, 0.717) is 12.3 Å². The van der Waals surface area contributed by atoms with Gasteiger partial charge in [-0.05, 0) is 31.5 Å². The van der Waals surface area contributed by atoms with Gasteiger partial charge in [0.15, 0.2) is 0 Å². The minimum absolute atomic E-state index is 0.303. The zero-order valence-corrected chi connectivity index (χ0v) is 11.3. The Morgan fingerprint density at radius 3 is 2.72 bits per heavy atom. The summed E-state index contributed by atoms with van der Waals surface area (Å²) in [6.07, 6.45) is 0. The Morgan fingerprint density at radius 2 is 1.94 bits per heavy atom. The van der Waals surface area contributed by atoms with Crippen LogP contribution < -0.4 is 5.32 Å². The fourth-order valence-electron chi connectivity index (χ4n) is 1.83. The number of hydrogen-bond donors (Lipinski definition) is 2. The van der Waals surface area contributed by atoms with Crippen LogP contribution in [-0.2, 0) is 6.54 Å². The van der Waals surface area contributed by atoms with Crippen molar-refractivity contribution in [3.63, 3.8) is 0 Å². The van der Waals surface area contributed by atoms with Crippen LogP contribution in [0.5, 0.6) is 5.75 Å². The van der Waals surface area contributed by atoms with Crippen LogP contribution in [0, 0.1) is 13.8 Å². The number of anilines is 1. The Hall–Kier alpha value is -1.67. The largest absolute Gasteiger partial charge is 0.508 e. The Morgan fingerprint density at radius 1 is 1.17 bits per heavy atom. The van der Waals surface area contributed by atoms with Gasteiger partial charge in [-0.3, -0.25) is 0 Å². The molecule has 0 heterocycles. The molecule has 0 bridgehead atoms. The van der Waals surface area contributed by atoms with E-state index in [0.717, 1.165) is 27.4 Å². The minimum atomic E-state index is 0.303. The van der Waals surface area contributed by atoms with Crippen LogP contribution >= 0.6 is 11.6 Å². The highest BCUT2D eigenvalue weighted by atomic mass is 35.5. The first-order valence-electron chi connectivity index (χ1n) is 5.85. The van der Waals surface area contributed by atoms with Crippen molar-refractivity contribution >= 4 is 17.3 Å². The number of phenols is 1. The van der Waals surface area contributed by atoms with Crippen LogP contribution in [0.1, 0.15) is 16.7 Å². The van der Waals surface area contributed by atoms with Crippen molar-refractivity contribution in [2.45, 2.75) is 20.4 Å². The van der Waals surface area contributed by atoms with Crippen molar-refractivity contribution in [1.82, 2.24) is 0 Å². The van der Waals surface area contributed by atoms with Gasteiger partial charge in [0.1, 0.15) is 5.75 Å². The Bertz CT molecular complexity index is 564. The molecule has 0 fully saturated rings. The van der Waals surface area contributed by atoms with E-state index in [4.69, 9.17) is 11.6 Å². The van der Waals surface area contributed by atoms with Gasteiger partial charge in [0.25, 0.3) is 0 Å². The quantitative estimate of drug-likeness (QED) is 0.865. The molecular formula is C15H16ClNO. The average Bonchev–Trinajstić information content (AvgIpc) is 2.35. The molecule has 0 unspecified atom stereocenters. The predicted octanol–water partition coefficient (Wildman–Crippen LogP) is 4.27. The SMILES string of the molecule is Cc1ccc(O)c(CNc2cccc(C)c2Cl)c1. The summed E-state index contributed by atoms with van der Waals surface area (Å²) in [6.45, 7) is 4.52. The molecule has 0 radical (unpaired) electrons. The molecule has 3 heteroatoms. The van der Waals surface area contributed by atoms with Crippen LogP contribution in [0.15, 0.2) is 36.4 Å². The number of halogens is 1. The Kier molecular flexibility index (Phi) is 3.78. The van der Waals surface area contributed by atoms with Crippen LogP contribution in [-0.4, -0.2) is 5.11 Å². The normalized spacial score (nSPS) is 10.4. The summed E-state index contributed by atoms with van der Waals surface area (Å²) in [5.74, 6) is 0.303. The number of aryl methyl sites for hydroxylation is 2. The maximum absolute atomic E-state index is 9.76. The summed E-state index contributed by atoms with van der Waals surface area (Å²) in [7, 11) is 0. The molecule has 0 aliphatic carbocycles. The lowest BCUT2D eigenvalue weighted by Crippen LogP contribution is -2.01. The van der Waals surface area contributed by atoms with Crippen LogP contribution in [0.2, 0.25) is 5.02 Å². The number of phenolic OH excluding ortho intramolecular Hbond substituents is 1. The van der Waals surface area contributed by atoms with E-state index in [2.05, 4.69) is 5.32 Å². The van der Waals surface area contributed by atoms with Gasteiger partial charge in [0.2, 0.25) is 0 Å². The van der Waals surface area contributed by atoms with Gasteiger partial charge in [-0.2, -0.15) is 0 Å². The number of aromatic hydroxyl groups is 1. The number of benzene rings is 2. The van der Waals surface area contributed by atoms with Gasteiger partial charge in [0.05, 0.1) is 10.7 Å². The third-order valence-electron chi connectivity index (χ3n) is 2.90. The van der Waals surface area contributed by atoms with Gasteiger partial charge in [-0.25, -0.2) is 0 Å². The van der Waals surface area contributed by atoms with Crippen molar-refractivity contribution < 1.29 is 5.11 Å². The minimum Gasteiger partial charge on any atom is -0.508 e. The molecule has 2 rings (SSSR count). The molecule has 0 aliphatic heterocycles. The summed E-state index contributed by atoms with van der Waals surface area (Å²) >= 11 is 6.21. The molecule has 0 amide bonds. The van der Waals surface area contributed by atoms with Gasteiger partial charge in [0, 0.05) is 12.1 Å². The highest BCUT2D eigenvalue weighted by Gasteiger charge is 2.04. The van der Waals surface area contributed by atoms with E-state index in [1.165, 1.54) is 0 Å². The van der Waals surface area contributed by atoms with Gasteiger partial charge in [-0.15, -0.1) is 0 Å². The molecule has 0 atom stereocenters. The molecule has 18 heavy (non-hydrogen) atoms. The standard InChI is InChI=1S/C15H16ClNO/c1-10-6-7-14(18)12(8-10)9-17-13-5-3-4-11(2)15(13)16/h3-8,17-18H,9H2,1-2H3. The molecule has 0 saturated carbocycles. The number of hydrogen-bond acceptors (Lipinski definition) is 2. The molecule has 0 aromatic heterocycles. The summed E-state index contributed by atoms with van der Waals surface area (Å²) in [4.78, 5) is 0. The third-order valence-corrected chi connectivity index (χ3v) is 3.40. The first-order valence-corrected chi connectivity index (χ1v) is 6.23. The second-order valence-corrected chi connectivity index (χ2v) is 4.80. The lowest BCUT2D eigenvalue weighted by atomic mass is 10.1. The Labute approximate surface area is 112 Å². The van der Waals surface area contributed by atoms with Gasteiger partial charge >= 0.3 is 0 Å². The number of nitrogens with one attached hydrogen (secondary N) is 1. The highest BCUT2D eigenvalue weighted by Crippen LogP contribution is 2.26. The Balaban J connectivity index is 2.16. The second-order valence-electron chi connectivity index (χ2n) is 4.42. The second kappa shape index (κ2) is 5.32. The maximum atomic E-state index is 9.76. The first-order chi connectivity index (χ1) is 8.58. The van der Waals surface area contributed by atoms with Gasteiger partial charge in [-0.1, -0.05) is 41.4 Å². The van der Waals surface area contributed by atoms with Crippen molar-refractivity contribution in [2.75, 3.05) is 5.32 Å². The zero-order valence-electron chi connectivity index (χ0n) is 10.5. The van der Waals surface area contributed by atoms with E-state index in [9.17, 15) is 5.11 Å². The molecule has 94 valence electrons. The summed E-state index contributed by atoms with van der Waals surface area (Å²) in [6, 6.07) is 11.4. The van der Waals surface area contributed by atoms with Crippen LogP contribution in [0.4, 0.5) is 5.69 Å². The zero-order chi connectivity index (χ0) is 13.1. The van der Waals surface area contributed by atoms with Crippen molar-refractivity contribution in [2.24, 2.45) is 0 Å². The first kappa shape index (κ1) is 12.8. The molecular weight excluding hydrogens is 246 g/mol. The summed E-state index contributed by atoms with van der Waals surface area (Å²) in [5, 5.41) is 13.7. The lowest BCUT2D eigenvalue weighted by molar-refractivity contribution is 0.469. The van der Waals surface area contributed by atoms with Crippen molar-refractivity contribution in [3.05, 3.63) is 58.1 Å². The van der Waals surface area contributed by atoms with E-state index >= 15 is 0 Å². The van der Waals surface area contributed by atoms with Crippen molar-refractivity contribution in [1.29, 1.82) is 0 Å². The number of rotatable bonds is 3. The van der Waals surface area contributed by atoms with E-state index in [1.807, 2.05) is 44.2 Å². The lowest BCUT2D eigenvalue weighted by Gasteiger charge is -2.11. The topological polar surface area (TPSA) is 32.3 Å². The van der Waals surface area contributed by atoms with E-state index in [1.54, 1.807) is 6.07 Å². The molecule has 0 saturated heterocycles. The molecule has 0 spiro atoms. The molecule has 2 N–H and O–H groups in total. The summed E-state index contributed by atoms with van der Waals surface area (Å²) < 4.78 is 0. The van der Waals surface area contributed by atoms with E-state index in [-0.39, 0.29) is 0 Å². The summed E-state index contributed by atoms with van der Waals surface area (Å²) in [5.41, 5.74) is 3.92. The fraction of sp³-hybridized carbons (Fsp3) is 0.200. The van der Waals surface area contributed by atoms with Gasteiger partial charge < -0.3 is 10.4 Å². The van der Waals surface area contributed by atoms with E-state index < -0.39 is 0 Å². The highest BCUT2D eigenvalue weighted by molar-refractivity contribution is 6.33. The molecule has 2 aromatic carbocycles. The predicted molar refractivity (Wildman–Crippen MR) is 76.4 cm³/mol. The van der Waals surface area contributed by atoms with Crippen LogP contribution in [0.3, 0.4) is 0 Å². The maximum Gasteiger partial charge on any atom is 0.120 e. The van der Waals surface area contributed by atoms with Crippen molar-refractivity contribution in [3.8, 4) is 5.75 Å².